The Hall–Kier alpha value is -4.14. The molecule has 0 bridgehead atoms. The molecule has 43 heavy (non-hydrogen) atoms. The Kier molecular flexibility index (Phi) is 7.63. The summed E-state index contributed by atoms with van der Waals surface area (Å²) in [4.78, 5) is 25.5. The van der Waals surface area contributed by atoms with Gasteiger partial charge < -0.3 is 5.11 Å². The van der Waals surface area contributed by atoms with Crippen molar-refractivity contribution in [2.24, 2.45) is 11.8 Å². The second-order valence-corrected chi connectivity index (χ2v) is 13.0. The van der Waals surface area contributed by atoms with Crippen molar-refractivity contribution in [3.8, 4) is 21.7 Å². The molecule has 2 aliphatic rings. The Balaban J connectivity index is 1.22. The van der Waals surface area contributed by atoms with Gasteiger partial charge in [0, 0.05) is 60.3 Å². The van der Waals surface area contributed by atoms with Gasteiger partial charge in [0.1, 0.15) is 4.88 Å². The molecule has 218 valence electrons. The van der Waals surface area contributed by atoms with E-state index in [2.05, 4.69) is 63.3 Å². The smallest absolute Gasteiger partial charge is 0.346 e. The maximum Gasteiger partial charge on any atom is 0.346 e. The molecule has 5 heterocycles. The summed E-state index contributed by atoms with van der Waals surface area (Å²) in [5.74, 6) is 0.415. The highest BCUT2D eigenvalue weighted by Crippen LogP contribution is 2.44. The summed E-state index contributed by atoms with van der Waals surface area (Å²) in [6, 6.07) is 20.3. The van der Waals surface area contributed by atoms with Crippen LogP contribution in [0.2, 0.25) is 0 Å². The van der Waals surface area contributed by atoms with Crippen molar-refractivity contribution < 1.29 is 9.90 Å². The van der Waals surface area contributed by atoms with E-state index >= 15 is 0 Å². The highest BCUT2D eigenvalue weighted by molar-refractivity contribution is 7.17. The van der Waals surface area contributed by atoms with Crippen LogP contribution in [0.3, 0.4) is 0 Å². The third-order valence-corrected chi connectivity index (χ3v) is 10.2. The van der Waals surface area contributed by atoms with Gasteiger partial charge in [-0.25, -0.2) is 14.3 Å². The Morgan fingerprint density at radius 3 is 2.51 bits per heavy atom. The maximum atomic E-state index is 12.6. The lowest BCUT2D eigenvalue weighted by Gasteiger charge is -2.37. The number of carbonyl (C=O) groups is 1. The lowest BCUT2D eigenvalue weighted by Crippen LogP contribution is -2.34. The lowest BCUT2D eigenvalue weighted by atomic mass is 9.75. The number of fused-ring (bicyclic) bond motifs is 1. The molecule has 0 saturated heterocycles. The fourth-order valence-electron chi connectivity index (χ4n) is 6.69. The molecule has 8 heteroatoms. The quantitative estimate of drug-likeness (QED) is 0.209. The van der Waals surface area contributed by atoms with Crippen molar-refractivity contribution in [2.75, 3.05) is 13.1 Å². The van der Waals surface area contributed by atoms with Crippen LogP contribution >= 0.6 is 11.3 Å². The van der Waals surface area contributed by atoms with Crippen LogP contribution in [-0.2, 0) is 6.54 Å². The third kappa shape index (κ3) is 5.77. The summed E-state index contributed by atoms with van der Waals surface area (Å²) >= 11 is 1.39. The fraction of sp³-hybridized carbons (Fsp3) is 0.314. The van der Waals surface area contributed by atoms with Gasteiger partial charge in [-0.2, -0.15) is 5.10 Å². The van der Waals surface area contributed by atoms with Crippen LogP contribution in [0.15, 0.2) is 84.8 Å². The van der Waals surface area contributed by atoms with Crippen LogP contribution in [0.4, 0.5) is 0 Å². The number of hydrogen-bond donors (Lipinski definition) is 1. The molecule has 0 unspecified atom stereocenters. The molecular formula is C35H35N5O2S. The van der Waals surface area contributed by atoms with Crippen LogP contribution in [0.5, 0.6) is 0 Å². The average molecular weight is 590 g/mol. The number of rotatable bonds is 7. The standard InChI is InChI=1S/C35H35N5O2S/c1-23-6-8-24(9-7-23)30-22-39(21-27-5-2-3-15-36-27)18-14-28(30)29-19-32(43-34(29)35(41)42)26-12-10-25(11-13-26)31-20-33-37-16-4-17-40(33)38-31/h2-5,10-13,15-17,19-20,23-24H,6-9,14,18,21-22H2,1H3,(H,41,42). The first-order chi connectivity index (χ1) is 21.0. The van der Waals surface area contributed by atoms with Crippen LogP contribution < -0.4 is 0 Å². The first kappa shape index (κ1) is 27.7. The van der Waals surface area contributed by atoms with E-state index < -0.39 is 5.97 Å². The van der Waals surface area contributed by atoms with Crippen molar-refractivity contribution in [3.05, 3.63) is 101 Å². The number of aromatic nitrogens is 4. The zero-order valence-corrected chi connectivity index (χ0v) is 25.1. The molecule has 0 amide bonds. The zero-order chi connectivity index (χ0) is 29.3. The molecular weight excluding hydrogens is 554 g/mol. The van der Waals surface area contributed by atoms with Gasteiger partial charge in [-0.15, -0.1) is 11.3 Å². The van der Waals surface area contributed by atoms with E-state index in [0.29, 0.717) is 10.8 Å². The van der Waals surface area contributed by atoms with Gasteiger partial charge in [-0.05, 0) is 72.1 Å². The first-order valence-electron chi connectivity index (χ1n) is 15.1. The highest BCUT2D eigenvalue weighted by atomic mass is 32.1. The number of aromatic carboxylic acids is 1. The molecule has 1 aliphatic heterocycles. The van der Waals surface area contributed by atoms with Gasteiger partial charge in [0.15, 0.2) is 5.65 Å². The second kappa shape index (κ2) is 11.9. The van der Waals surface area contributed by atoms with E-state index in [1.165, 1.54) is 48.2 Å². The predicted molar refractivity (Wildman–Crippen MR) is 171 cm³/mol. The lowest BCUT2D eigenvalue weighted by molar-refractivity contribution is 0.0701. The van der Waals surface area contributed by atoms with Crippen molar-refractivity contribution in [1.82, 2.24) is 24.5 Å². The molecule has 1 N–H and O–H groups in total. The number of nitrogens with zero attached hydrogens (tertiary/aromatic N) is 5. The normalized spacial score (nSPS) is 19.7. The minimum Gasteiger partial charge on any atom is -0.477 e. The number of hydrogen-bond acceptors (Lipinski definition) is 6. The Morgan fingerprint density at radius 2 is 1.77 bits per heavy atom. The van der Waals surface area contributed by atoms with Crippen LogP contribution in [0, 0.1) is 11.8 Å². The average Bonchev–Trinajstić information content (AvgIpc) is 3.68. The molecule has 0 atom stereocenters. The Bertz CT molecular complexity index is 1750. The Labute approximate surface area is 255 Å². The minimum absolute atomic E-state index is 0.445. The maximum absolute atomic E-state index is 12.6. The van der Waals surface area contributed by atoms with E-state index in [1.807, 2.05) is 36.7 Å². The zero-order valence-electron chi connectivity index (χ0n) is 24.3. The molecule has 1 aromatic carbocycles. The van der Waals surface area contributed by atoms with Gasteiger partial charge in [-0.3, -0.25) is 9.88 Å². The number of carboxylic acid groups (broad SMARTS) is 1. The molecule has 1 aliphatic carbocycles. The summed E-state index contributed by atoms with van der Waals surface area (Å²) in [6.45, 7) is 4.93. The molecule has 7 rings (SSSR count). The van der Waals surface area contributed by atoms with Crippen molar-refractivity contribution in [1.29, 1.82) is 0 Å². The van der Waals surface area contributed by atoms with E-state index in [4.69, 9.17) is 0 Å². The number of carboxylic acids is 1. The fourth-order valence-corrected chi connectivity index (χ4v) is 7.72. The van der Waals surface area contributed by atoms with Gasteiger partial charge in [0.05, 0.1) is 11.4 Å². The largest absolute Gasteiger partial charge is 0.477 e. The topological polar surface area (TPSA) is 83.6 Å². The summed E-state index contributed by atoms with van der Waals surface area (Å²) in [5.41, 5.74) is 8.37. The SMILES string of the molecule is CC1CCC(C2=C(c3cc(-c4ccc(-c5cc6ncccn6n5)cc4)sc3C(=O)O)CCN(Cc3ccccn3)C2)CC1. The highest BCUT2D eigenvalue weighted by Gasteiger charge is 2.31. The predicted octanol–water partition coefficient (Wildman–Crippen LogP) is 7.70. The van der Waals surface area contributed by atoms with Gasteiger partial charge in [0.25, 0.3) is 0 Å². The van der Waals surface area contributed by atoms with E-state index in [0.717, 1.165) is 70.6 Å². The van der Waals surface area contributed by atoms with Crippen molar-refractivity contribution >= 4 is 28.5 Å². The molecule has 0 radical (unpaired) electrons. The van der Waals surface area contributed by atoms with Gasteiger partial charge in [0.2, 0.25) is 0 Å². The van der Waals surface area contributed by atoms with E-state index in [9.17, 15) is 9.90 Å². The monoisotopic (exact) mass is 589 g/mol. The van der Waals surface area contributed by atoms with E-state index in [1.54, 1.807) is 10.7 Å². The van der Waals surface area contributed by atoms with Crippen LogP contribution in [0.1, 0.15) is 60.0 Å². The molecule has 1 fully saturated rings. The van der Waals surface area contributed by atoms with Crippen LogP contribution in [0.25, 0.3) is 32.9 Å². The van der Waals surface area contributed by atoms with Crippen LogP contribution in [-0.4, -0.2) is 48.6 Å². The third-order valence-electron chi connectivity index (χ3n) is 9.03. The molecule has 4 aromatic heterocycles. The molecule has 7 nitrogen and oxygen atoms in total. The van der Waals surface area contributed by atoms with Crippen molar-refractivity contribution in [3.63, 3.8) is 0 Å². The number of thiophene rings is 1. The molecule has 5 aromatic rings. The summed E-state index contributed by atoms with van der Waals surface area (Å²) in [7, 11) is 0. The van der Waals surface area contributed by atoms with E-state index in [-0.39, 0.29) is 0 Å². The first-order valence-corrected chi connectivity index (χ1v) is 16.0. The summed E-state index contributed by atoms with van der Waals surface area (Å²) < 4.78 is 1.77. The second-order valence-electron chi connectivity index (χ2n) is 11.9. The van der Waals surface area contributed by atoms with Gasteiger partial charge in [-0.1, -0.05) is 50.1 Å². The summed E-state index contributed by atoms with van der Waals surface area (Å²) in [5, 5.41) is 15.0. The minimum atomic E-state index is -0.847. The molecule has 1 saturated carbocycles. The number of benzene rings is 1. The van der Waals surface area contributed by atoms with Crippen molar-refractivity contribution in [2.45, 2.75) is 45.6 Å². The summed E-state index contributed by atoms with van der Waals surface area (Å²) in [6.07, 6.45) is 11.2. The van der Waals surface area contributed by atoms with Gasteiger partial charge >= 0.3 is 5.97 Å². The Morgan fingerprint density at radius 1 is 0.977 bits per heavy atom. The number of pyridine rings is 1. The molecule has 0 spiro atoms.